The second-order valence-corrected chi connectivity index (χ2v) is 6.58. The van der Waals surface area contributed by atoms with Crippen LogP contribution in [0.4, 0.5) is 5.69 Å². The van der Waals surface area contributed by atoms with Crippen molar-refractivity contribution in [3.05, 3.63) is 81.9 Å². The molecule has 0 aliphatic rings. The molecule has 0 aliphatic heterocycles. The number of methoxy groups -OCH3 is 1. The Morgan fingerprint density at radius 3 is 2.57 bits per heavy atom. The van der Waals surface area contributed by atoms with Gasteiger partial charge in [0.25, 0.3) is 5.91 Å². The zero-order valence-corrected chi connectivity index (χ0v) is 16.5. The van der Waals surface area contributed by atoms with Gasteiger partial charge in [0.15, 0.2) is 12.4 Å². The van der Waals surface area contributed by atoms with Gasteiger partial charge in [0, 0.05) is 6.07 Å². The molecule has 8 nitrogen and oxygen atoms in total. The van der Waals surface area contributed by atoms with Crippen molar-refractivity contribution in [2.75, 3.05) is 13.7 Å². The van der Waals surface area contributed by atoms with E-state index < -0.39 is 29.1 Å². The Morgan fingerprint density at radius 1 is 1.10 bits per heavy atom. The molecule has 0 heterocycles. The third-order valence-corrected chi connectivity index (χ3v) is 4.60. The first-order chi connectivity index (χ1) is 14.4. The second-order valence-electron chi connectivity index (χ2n) is 6.58. The predicted octanol–water partition coefficient (Wildman–Crippen LogP) is 3.79. The fraction of sp³-hybridized carbons (Fsp3) is 0.182. The fourth-order valence-electron chi connectivity index (χ4n) is 3.16. The molecule has 0 saturated carbocycles. The van der Waals surface area contributed by atoms with Crippen LogP contribution in [0.3, 0.4) is 0 Å². The van der Waals surface area contributed by atoms with Gasteiger partial charge in [0.05, 0.1) is 23.6 Å². The summed E-state index contributed by atoms with van der Waals surface area (Å²) < 4.78 is 9.91. The summed E-state index contributed by atoms with van der Waals surface area (Å²) in [6.45, 7) is 1.45. The van der Waals surface area contributed by atoms with Crippen LogP contribution in [0.2, 0.25) is 0 Å². The van der Waals surface area contributed by atoms with Crippen LogP contribution in [0.1, 0.15) is 28.9 Å². The summed E-state index contributed by atoms with van der Waals surface area (Å²) in [6, 6.07) is 17.1. The minimum Gasteiger partial charge on any atom is -0.477 e. The zero-order valence-electron chi connectivity index (χ0n) is 16.5. The van der Waals surface area contributed by atoms with E-state index in [1.54, 1.807) is 0 Å². The topological polar surface area (TPSA) is 108 Å². The number of esters is 1. The minimum atomic E-state index is -0.702. The molecule has 0 unspecified atom stereocenters. The number of hydrogen-bond donors (Lipinski definition) is 1. The van der Waals surface area contributed by atoms with Crippen LogP contribution in [0.25, 0.3) is 10.8 Å². The largest absolute Gasteiger partial charge is 0.477 e. The van der Waals surface area contributed by atoms with E-state index in [2.05, 4.69) is 10.1 Å². The molecule has 1 N–H and O–H groups in total. The fourth-order valence-corrected chi connectivity index (χ4v) is 3.16. The van der Waals surface area contributed by atoms with Crippen molar-refractivity contribution >= 4 is 28.3 Å². The molecule has 0 fully saturated rings. The maximum Gasteiger partial charge on any atom is 0.338 e. The lowest BCUT2D eigenvalue weighted by Gasteiger charge is -2.17. The molecule has 0 radical (unpaired) electrons. The number of carbonyl (C=O) groups excluding carboxylic acids is 2. The summed E-state index contributed by atoms with van der Waals surface area (Å²) >= 11 is 0. The predicted molar refractivity (Wildman–Crippen MR) is 110 cm³/mol. The number of benzene rings is 3. The van der Waals surface area contributed by atoms with Gasteiger partial charge in [-0.1, -0.05) is 42.5 Å². The summed E-state index contributed by atoms with van der Waals surface area (Å²) in [6.07, 6.45) is 0. The second kappa shape index (κ2) is 9.04. The van der Waals surface area contributed by atoms with E-state index in [1.165, 1.54) is 19.2 Å². The molecule has 0 spiro atoms. The van der Waals surface area contributed by atoms with E-state index in [0.29, 0.717) is 0 Å². The Balaban J connectivity index is 1.70. The number of rotatable bonds is 7. The van der Waals surface area contributed by atoms with E-state index in [9.17, 15) is 19.7 Å². The highest BCUT2D eigenvalue weighted by Gasteiger charge is 2.20. The van der Waals surface area contributed by atoms with E-state index >= 15 is 0 Å². The number of nitrogens with zero attached hydrogens (tertiary/aromatic N) is 1. The zero-order chi connectivity index (χ0) is 21.7. The van der Waals surface area contributed by atoms with Gasteiger partial charge in [0.1, 0.15) is 0 Å². The highest BCUT2D eigenvalue weighted by Crippen LogP contribution is 2.28. The lowest BCUT2D eigenvalue weighted by atomic mass is 10.00. The van der Waals surface area contributed by atoms with Gasteiger partial charge in [-0.05, 0) is 35.4 Å². The van der Waals surface area contributed by atoms with E-state index in [4.69, 9.17) is 4.74 Å². The maximum absolute atomic E-state index is 12.4. The van der Waals surface area contributed by atoms with Crippen molar-refractivity contribution in [1.82, 2.24) is 5.32 Å². The van der Waals surface area contributed by atoms with Gasteiger partial charge in [-0.15, -0.1) is 0 Å². The number of carbonyl (C=O) groups is 2. The van der Waals surface area contributed by atoms with Gasteiger partial charge < -0.3 is 14.8 Å². The molecule has 0 bridgehead atoms. The van der Waals surface area contributed by atoms with Crippen molar-refractivity contribution in [3.63, 3.8) is 0 Å². The molecule has 0 aliphatic carbocycles. The van der Waals surface area contributed by atoms with Crippen LogP contribution in [0.15, 0.2) is 60.7 Å². The smallest absolute Gasteiger partial charge is 0.338 e. The molecule has 3 aromatic carbocycles. The Labute approximate surface area is 172 Å². The molecule has 3 aromatic rings. The van der Waals surface area contributed by atoms with E-state index in [1.807, 2.05) is 49.4 Å². The summed E-state index contributed by atoms with van der Waals surface area (Å²) in [5.74, 6) is -1.24. The SMILES string of the molecule is COC(=O)c1ccc(OCC(=O)N[C@@H](C)c2cccc3ccccc23)c([N+](=O)[O-])c1. The Morgan fingerprint density at radius 2 is 1.83 bits per heavy atom. The number of nitrogens with one attached hydrogen (secondary N) is 1. The normalized spacial score (nSPS) is 11.5. The van der Waals surface area contributed by atoms with Crippen LogP contribution in [-0.4, -0.2) is 30.5 Å². The highest BCUT2D eigenvalue weighted by molar-refractivity contribution is 5.90. The monoisotopic (exact) mass is 408 g/mol. The number of amides is 1. The quantitative estimate of drug-likeness (QED) is 0.362. The Kier molecular flexibility index (Phi) is 6.26. The molecular weight excluding hydrogens is 388 g/mol. The average Bonchev–Trinajstić information content (AvgIpc) is 2.76. The molecule has 1 amide bonds. The van der Waals surface area contributed by atoms with Gasteiger partial charge >= 0.3 is 11.7 Å². The highest BCUT2D eigenvalue weighted by atomic mass is 16.6. The van der Waals surface area contributed by atoms with Gasteiger partial charge in [-0.25, -0.2) is 4.79 Å². The Bertz CT molecular complexity index is 1110. The number of fused-ring (bicyclic) bond motifs is 1. The van der Waals surface area contributed by atoms with E-state index in [-0.39, 0.29) is 17.4 Å². The summed E-state index contributed by atoms with van der Waals surface area (Å²) in [7, 11) is 1.18. The molecule has 154 valence electrons. The third kappa shape index (κ3) is 4.54. The number of nitro groups is 1. The maximum atomic E-state index is 12.4. The van der Waals surface area contributed by atoms with Crippen molar-refractivity contribution in [2.24, 2.45) is 0 Å². The Hall–Kier alpha value is -3.94. The third-order valence-electron chi connectivity index (χ3n) is 4.60. The molecule has 3 rings (SSSR count). The molecule has 30 heavy (non-hydrogen) atoms. The summed E-state index contributed by atoms with van der Waals surface area (Å²) in [4.78, 5) is 34.5. The summed E-state index contributed by atoms with van der Waals surface area (Å²) in [5, 5.41) is 16.2. The van der Waals surface area contributed by atoms with Crippen LogP contribution in [-0.2, 0) is 9.53 Å². The number of hydrogen-bond acceptors (Lipinski definition) is 6. The molecule has 0 aromatic heterocycles. The van der Waals surface area contributed by atoms with Crippen LogP contribution in [0.5, 0.6) is 5.75 Å². The van der Waals surface area contributed by atoms with Crippen molar-refractivity contribution < 1.29 is 24.0 Å². The number of nitro benzene ring substituents is 1. The molecule has 8 heteroatoms. The first-order valence-corrected chi connectivity index (χ1v) is 9.17. The van der Waals surface area contributed by atoms with Crippen molar-refractivity contribution in [1.29, 1.82) is 0 Å². The first-order valence-electron chi connectivity index (χ1n) is 9.17. The molecule has 1 atom stereocenters. The van der Waals surface area contributed by atoms with Crippen molar-refractivity contribution in [2.45, 2.75) is 13.0 Å². The average molecular weight is 408 g/mol. The van der Waals surface area contributed by atoms with Gasteiger partial charge in [-0.2, -0.15) is 0 Å². The number of ether oxygens (including phenoxy) is 2. The van der Waals surface area contributed by atoms with Crippen LogP contribution in [0, 0.1) is 10.1 Å². The lowest BCUT2D eigenvalue weighted by Crippen LogP contribution is -2.31. The first kappa shape index (κ1) is 20.8. The van der Waals surface area contributed by atoms with E-state index in [0.717, 1.165) is 22.4 Å². The van der Waals surface area contributed by atoms with Crippen LogP contribution < -0.4 is 10.1 Å². The lowest BCUT2D eigenvalue weighted by molar-refractivity contribution is -0.385. The standard InChI is InChI=1S/C22H20N2O6/c1-14(17-9-5-7-15-6-3-4-8-18(15)17)23-21(25)13-30-20-11-10-16(22(26)29-2)12-19(20)24(27)28/h3-12,14H,13H2,1-2H3,(H,23,25)/t14-/m0/s1. The summed E-state index contributed by atoms with van der Waals surface area (Å²) in [5.41, 5.74) is 0.549. The molecule has 0 saturated heterocycles. The van der Waals surface area contributed by atoms with Crippen LogP contribution >= 0.6 is 0 Å². The molecular formula is C22H20N2O6. The van der Waals surface area contributed by atoms with Gasteiger partial charge in [0.2, 0.25) is 0 Å². The van der Waals surface area contributed by atoms with Crippen molar-refractivity contribution in [3.8, 4) is 5.75 Å². The minimum absolute atomic E-state index is 0.0191. The van der Waals surface area contributed by atoms with Gasteiger partial charge in [-0.3, -0.25) is 14.9 Å².